The average Bonchev–Trinajstić information content (AvgIpc) is 3.58. The minimum absolute atomic E-state index is 0.0649. The third kappa shape index (κ3) is 12.3. The lowest BCUT2D eigenvalue weighted by molar-refractivity contribution is -0.139. The largest absolute Gasteiger partial charge is 0.462 e. The van der Waals surface area contributed by atoms with Gasteiger partial charge in [-0.05, 0) is 87.0 Å². The number of nitrogens with zero attached hydrogens (tertiary/aromatic N) is 1. The molecule has 0 aliphatic carbocycles. The van der Waals surface area contributed by atoms with Crippen molar-refractivity contribution in [1.29, 1.82) is 0 Å². The summed E-state index contributed by atoms with van der Waals surface area (Å²) < 4.78 is 15.9. The quantitative estimate of drug-likeness (QED) is 0.0567. The average molecular weight is 715 g/mol. The summed E-state index contributed by atoms with van der Waals surface area (Å²) in [7, 11) is 0. The van der Waals surface area contributed by atoms with E-state index in [2.05, 4.69) is 29.1 Å². The number of H-pyrrole nitrogens is 1. The number of hydrogen-bond donors (Lipinski definition) is 3. The first-order chi connectivity index (χ1) is 23.8. The topological polar surface area (TPSA) is 165 Å². The fourth-order valence-corrected chi connectivity index (χ4v) is 5.98. The Balaban J connectivity index is 2.53. The monoisotopic (exact) mass is 714 g/mol. The molecule has 1 aromatic rings. The second-order valence-corrected chi connectivity index (χ2v) is 13.7. The highest BCUT2D eigenvalue weighted by molar-refractivity contribution is 7.99. The van der Waals surface area contributed by atoms with E-state index in [0.29, 0.717) is 53.8 Å². The number of ether oxygens (including phenoxy) is 3. The van der Waals surface area contributed by atoms with Crippen LogP contribution in [0.25, 0.3) is 6.08 Å². The van der Waals surface area contributed by atoms with Gasteiger partial charge in [-0.2, -0.15) is 11.8 Å². The summed E-state index contributed by atoms with van der Waals surface area (Å²) in [6, 6.07) is 0. The van der Waals surface area contributed by atoms with E-state index >= 15 is 0 Å². The molecule has 1 aliphatic rings. The summed E-state index contributed by atoms with van der Waals surface area (Å²) in [4.78, 5) is 72.2. The van der Waals surface area contributed by atoms with E-state index in [1.807, 2.05) is 39.5 Å². The van der Waals surface area contributed by atoms with E-state index in [1.165, 1.54) is 0 Å². The lowest BCUT2D eigenvalue weighted by Gasteiger charge is -2.13. The number of aromatic nitrogens is 1. The van der Waals surface area contributed by atoms with Gasteiger partial charge in [0.1, 0.15) is 22.8 Å². The first-order valence-electron chi connectivity index (χ1n) is 17.4. The van der Waals surface area contributed by atoms with Gasteiger partial charge in [0.25, 0.3) is 0 Å². The van der Waals surface area contributed by atoms with E-state index < -0.39 is 17.9 Å². The Bertz CT molecular complexity index is 1500. The van der Waals surface area contributed by atoms with Crippen LogP contribution in [0.15, 0.2) is 34.0 Å². The van der Waals surface area contributed by atoms with Crippen molar-refractivity contribution in [2.45, 2.75) is 99.8 Å². The normalized spacial score (nSPS) is 13.5. The molecule has 0 radical (unpaired) electrons. The van der Waals surface area contributed by atoms with E-state index in [-0.39, 0.29) is 72.7 Å². The van der Waals surface area contributed by atoms with Crippen molar-refractivity contribution in [2.75, 3.05) is 36.6 Å². The Morgan fingerprint density at radius 2 is 1.48 bits per heavy atom. The summed E-state index contributed by atoms with van der Waals surface area (Å²) in [5.41, 5.74) is 2.76. The van der Waals surface area contributed by atoms with Crippen molar-refractivity contribution in [3.8, 4) is 0 Å². The molecule has 0 saturated heterocycles. The smallest absolute Gasteiger partial charge is 0.342 e. The van der Waals surface area contributed by atoms with Crippen LogP contribution in [0.4, 0.5) is 5.82 Å². The number of aromatic amines is 1. The summed E-state index contributed by atoms with van der Waals surface area (Å²) in [6.45, 7) is 18.7. The standard InChI is InChI=1S/C37H54N4O8S/c1-10-47-36(45)31-29(22(4)5)25(38-33(31)40-27(42)17-13-15-19-49-35(44)24(8)9)21-26-30(23(6)7)32(37(46)48-11-2)34(39-26)41-28(43)18-14-16-20-50-12-3/h21-23,39H,8,10-20H2,1-7,9H3,(H,41,43)(H,38,40,42). The van der Waals surface area contributed by atoms with Crippen molar-refractivity contribution >= 4 is 59.2 Å². The van der Waals surface area contributed by atoms with E-state index in [0.717, 1.165) is 17.9 Å². The van der Waals surface area contributed by atoms with Gasteiger partial charge in [0.15, 0.2) is 0 Å². The van der Waals surface area contributed by atoms with Crippen LogP contribution in [0.2, 0.25) is 0 Å². The summed E-state index contributed by atoms with van der Waals surface area (Å²) >= 11 is 1.83. The van der Waals surface area contributed by atoms with Gasteiger partial charge in [-0.1, -0.05) is 41.2 Å². The van der Waals surface area contributed by atoms with Crippen LogP contribution in [0.3, 0.4) is 0 Å². The molecule has 276 valence electrons. The molecular weight excluding hydrogens is 660 g/mol. The van der Waals surface area contributed by atoms with Crippen LogP contribution in [0, 0.1) is 5.92 Å². The van der Waals surface area contributed by atoms with Crippen LogP contribution >= 0.6 is 11.8 Å². The predicted molar refractivity (Wildman–Crippen MR) is 198 cm³/mol. The van der Waals surface area contributed by atoms with Gasteiger partial charge in [-0.15, -0.1) is 0 Å². The molecular formula is C37H54N4O8S. The second-order valence-electron chi connectivity index (χ2n) is 12.4. The number of thioether (sulfide) groups is 1. The van der Waals surface area contributed by atoms with Gasteiger partial charge in [-0.3, -0.25) is 9.59 Å². The number of esters is 3. The van der Waals surface area contributed by atoms with Gasteiger partial charge in [0.05, 0.1) is 25.5 Å². The highest BCUT2D eigenvalue weighted by Crippen LogP contribution is 2.37. The van der Waals surface area contributed by atoms with Gasteiger partial charge in [-0.25, -0.2) is 19.4 Å². The van der Waals surface area contributed by atoms with E-state index in [4.69, 9.17) is 19.2 Å². The van der Waals surface area contributed by atoms with Gasteiger partial charge in [0.2, 0.25) is 11.8 Å². The van der Waals surface area contributed by atoms with Crippen molar-refractivity contribution in [3.05, 3.63) is 45.8 Å². The molecule has 2 amide bonds. The molecule has 2 rings (SSSR count). The number of amidine groups is 1. The minimum atomic E-state index is -0.626. The molecule has 3 N–H and O–H groups in total. The maximum Gasteiger partial charge on any atom is 0.342 e. The van der Waals surface area contributed by atoms with Gasteiger partial charge in [0, 0.05) is 24.1 Å². The number of anilines is 1. The molecule has 0 aromatic carbocycles. The fourth-order valence-electron chi connectivity index (χ4n) is 5.29. The number of hydrogen-bond acceptors (Lipinski definition) is 10. The van der Waals surface area contributed by atoms with Crippen molar-refractivity contribution in [3.63, 3.8) is 0 Å². The maximum atomic E-state index is 13.3. The number of aliphatic imine (C=N–C) groups is 1. The van der Waals surface area contributed by atoms with Gasteiger partial charge < -0.3 is 29.8 Å². The molecule has 0 spiro atoms. The molecule has 1 aliphatic heterocycles. The highest BCUT2D eigenvalue weighted by atomic mass is 32.2. The molecule has 0 fully saturated rings. The van der Waals surface area contributed by atoms with Crippen molar-refractivity contribution < 1.29 is 38.2 Å². The summed E-state index contributed by atoms with van der Waals surface area (Å²) in [5, 5.41) is 5.67. The zero-order valence-electron chi connectivity index (χ0n) is 30.8. The van der Waals surface area contributed by atoms with Gasteiger partial charge >= 0.3 is 17.9 Å². The SMILES string of the molecule is C=C(C)C(=O)OCCCCC(=O)NC1=NC(=Cc2[nH]c(NC(=O)CCCCSCC)c(C(=O)OCC)c2C(C)C)C(C(C)C)=C1C(=O)OCC. The lowest BCUT2D eigenvalue weighted by atomic mass is 9.93. The van der Waals surface area contributed by atoms with Crippen LogP contribution in [0.5, 0.6) is 0 Å². The number of unbranched alkanes of at least 4 members (excludes halogenated alkanes) is 2. The Morgan fingerprint density at radius 1 is 0.860 bits per heavy atom. The Hall–Kier alpha value is -4.13. The molecule has 0 saturated carbocycles. The zero-order chi connectivity index (χ0) is 37.4. The maximum absolute atomic E-state index is 13.3. The number of nitrogens with one attached hydrogen (secondary N) is 3. The minimum Gasteiger partial charge on any atom is -0.462 e. The lowest BCUT2D eigenvalue weighted by Crippen LogP contribution is -2.34. The fraction of sp³-hybridized carbons (Fsp3) is 0.568. The van der Waals surface area contributed by atoms with E-state index in [1.54, 1.807) is 26.8 Å². The van der Waals surface area contributed by atoms with Crippen LogP contribution < -0.4 is 10.6 Å². The number of amides is 2. The van der Waals surface area contributed by atoms with Crippen LogP contribution in [-0.4, -0.2) is 71.9 Å². The first-order valence-corrected chi connectivity index (χ1v) is 18.6. The first kappa shape index (κ1) is 42.0. The number of carbonyl (C=O) groups excluding carboxylic acids is 5. The molecule has 1 aromatic heterocycles. The Labute approximate surface area is 300 Å². The highest BCUT2D eigenvalue weighted by Gasteiger charge is 2.34. The molecule has 12 nitrogen and oxygen atoms in total. The Morgan fingerprint density at radius 3 is 2.06 bits per heavy atom. The Kier molecular flexibility index (Phi) is 17.8. The zero-order valence-corrected chi connectivity index (χ0v) is 31.7. The van der Waals surface area contributed by atoms with Crippen LogP contribution in [0.1, 0.15) is 121 Å². The number of carbonyl (C=O) groups is 5. The molecule has 2 heterocycles. The molecule has 50 heavy (non-hydrogen) atoms. The number of allylic oxidation sites excluding steroid dienone is 1. The molecule has 0 atom stereocenters. The van der Waals surface area contributed by atoms with Crippen LogP contribution in [-0.2, 0) is 33.4 Å². The van der Waals surface area contributed by atoms with E-state index in [9.17, 15) is 24.0 Å². The molecule has 13 heteroatoms. The predicted octanol–water partition coefficient (Wildman–Crippen LogP) is 6.85. The summed E-state index contributed by atoms with van der Waals surface area (Å²) in [6.07, 6.45) is 4.65. The third-order valence-corrected chi connectivity index (χ3v) is 8.51. The number of rotatable bonds is 20. The van der Waals surface area contributed by atoms with Crippen molar-refractivity contribution in [2.24, 2.45) is 10.9 Å². The second kappa shape index (κ2) is 21.2. The third-order valence-electron chi connectivity index (χ3n) is 7.53. The summed E-state index contributed by atoms with van der Waals surface area (Å²) in [5.74, 6) is -0.366. The molecule has 0 unspecified atom stereocenters. The molecule has 0 bridgehead atoms. The van der Waals surface area contributed by atoms with Crippen molar-refractivity contribution in [1.82, 2.24) is 10.3 Å².